The zero-order chi connectivity index (χ0) is 20.1. The predicted octanol–water partition coefficient (Wildman–Crippen LogP) is 5.74. The summed E-state index contributed by atoms with van der Waals surface area (Å²) in [7, 11) is 0. The minimum atomic E-state index is -4.58. The van der Waals surface area contributed by atoms with Gasteiger partial charge in [-0.1, -0.05) is 6.92 Å². The summed E-state index contributed by atoms with van der Waals surface area (Å²) in [5, 5.41) is 2.91. The van der Waals surface area contributed by atoms with E-state index in [1.54, 1.807) is 19.1 Å². The van der Waals surface area contributed by atoms with E-state index in [2.05, 4.69) is 15.3 Å². The van der Waals surface area contributed by atoms with E-state index in [1.165, 1.54) is 12.8 Å². The molecule has 1 heterocycles. The highest BCUT2D eigenvalue weighted by Gasteiger charge is 2.36. The van der Waals surface area contributed by atoms with Crippen molar-refractivity contribution in [3.05, 3.63) is 36.0 Å². The molecule has 152 valence electrons. The van der Waals surface area contributed by atoms with Gasteiger partial charge in [0.1, 0.15) is 11.3 Å². The maximum Gasteiger partial charge on any atom is 0.423 e. The van der Waals surface area contributed by atoms with Gasteiger partial charge in [0.15, 0.2) is 0 Å². The highest BCUT2D eigenvalue weighted by molar-refractivity contribution is 5.55. The van der Waals surface area contributed by atoms with E-state index in [-0.39, 0.29) is 12.1 Å². The van der Waals surface area contributed by atoms with Crippen LogP contribution in [0.4, 0.5) is 24.8 Å². The number of aromatic nitrogens is 2. The molecule has 0 radical (unpaired) electrons. The summed E-state index contributed by atoms with van der Waals surface area (Å²) in [6, 6.07) is 7.20. The Labute approximate surface area is 162 Å². The van der Waals surface area contributed by atoms with Crippen LogP contribution in [0.2, 0.25) is 0 Å². The molecule has 1 aliphatic rings. The number of alkyl halides is 3. The van der Waals surface area contributed by atoms with Crippen LogP contribution in [-0.4, -0.2) is 22.2 Å². The van der Waals surface area contributed by atoms with Gasteiger partial charge in [0.05, 0.1) is 12.2 Å². The number of ether oxygens (including phenoxy) is 2. The second-order valence-electron chi connectivity index (χ2n) is 6.92. The van der Waals surface area contributed by atoms with Crippen molar-refractivity contribution >= 4 is 11.6 Å². The molecule has 1 N–H and O–H groups in total. The van der Waals surface area contributed by atoms with Crippen molar-refractivity contribution in [2.24, 2.45) is 0 Å². The van der Waals surface area contributed by atoms with Crippen molar-refractivity contribution in [2.75, 3.05) is 5.32 Å². The first-order valence-electron chi connectivity index (χ1n) is 9.49. The molecule has 3 rings (SSSR count). The molecule has 28 heavy (non-hydrogen) atoms. The van der Waals surface area contributed by atoms with Crippen molar-refractivity contribution in [3.63, 3.8) is 0 Å². The van der Waals surface area contributed by atoms with Crippen molar-refractivity contribution in [1.82, 2.24) is 9.97 Å². The Kier molecular flexibility index (Phi) is 6.26. The Hall–Kier alpha value is -2.51. The molecule has 0 saturated heterocycles. The normalized spacial score (nSPS) is 16.0. The number of halogens is 3. The third-order valence-electron chi connectivity index (χ3n) is 4.66. The lowest BCUT2D eigenvalue weighted by atomic mass is 10.2. The number of rotatable bonds is 7. The van der Waals surface area contributed by atoms with Gasteiger partial charge in [0.2, 0.25) is 11.8 Å². The van der Waals surface area contributed by atoms with Crippen LogP contribution >= 0.6 is 0 Å². The fourth-order valence-electron chi connectivity index (χ4n) is 2.93. The topological polar surface area (TPSA) is 56.3 Å². The summed E-state index contributed by atoms with van der Waals surface area (Å²) < 4.78 is 50.8. The van der Waals surface area contributed by atoms with E-state index in [0.717, 1.165) is 24.8 Å². The van der Waals surface area contributed by atoms with Crippen LogP contribution < -0.4 is 14.8 Å². The lowest BCUT2D eigenvalue weighted by Gasteiger charge is -2.17. The van der Waals surface area contributed by atoms with Gasteiger partial charge >= 0.3 is 6.18 Å². The molecule has 1 atom stereocenters. The van der Waals surface area contributed by atoms with Gasteiger partial charge < -0.3 is 14.8 Å². The average Bonchev–Trinajstić information content (AvgIpc) is 3.15. The molecular weight excluding hydrogens is 371 g/mol. The van der Waals surface area contributed by atoms with E-state index >= 15 is 0 Å². The number of nitrogens with one attached hydrogen (secondary N) is 1. The SMILES string of the molecule is CCC(C)Oc1nc(Nc2ccc(OC3CCCC3)cc2)ncc1C(F)(F)F. The highest BCUT2D eigenvalue weighted by atomic mass is 19.4. The monoisotopic (exact) mass is 395 g/mol. The van der Waals surface area contributed by atoms with Crippen LogP contribution in [0.1, 0.15) is 51.5 Å². The molecule has 1 aromatic heterocycles. The van der Waals surface area contributed by atoms with Gasteiger partial charge in [-0.05, 0) is 63.3 Å². The maximum atomic E-state index is 13.2. The van der Waals surface area contributed by atoms with E-state index in [1.807, 2.05) is 19.1 Å². The number of hydrogen-bond acceptors (Lipinski definition) is 5. The standard InChI is InChI=1S/C20H24F3N3O2/c1-3-13(2)27-18-17(20(21,22)23)12-24-19(26-18)25-14-8-10-16(11-9-14)28-15-6-4-5-7-15/h8-13,15H,3-7H2,1-2H3,(H,24,25,26). The zero-order valence-corrected chi connectivity index (χ0v) is 15.9. The smallest absolute Gasteiger partial charge is 0.423 e. The second-order valence-corrected chi connectivity index (χ2v) is 6.92. The molecule has 2 aromatic rings. The molecule has 1 aliphatic carbocycles. The van der Waals surface area contributed by atoms with E-state index in [9.17, 15) is 13.2 Å². The second kappa shape index (κ2) is 8.67. The summed E-state index contributed by atoms with van der Waals surface area (Å²) in [5.74, 6) is 0.336. The third kappa shape index (κ3) is 5.27. The predicted molar refractivity (Wildman–Crippen MR) is 100 cm³/mol. The molecule has 0 aliphatic heterocycles. The fraction of sp³-hybridized carbons (Fsp3) is 0.500. The largest absolute Gasteiger partial charge is 0.490 e. The van der Waals surface area contributed by atoms with E-state index in [0.29, 0.717) is 12.1 Å². The average molecular weight is 395 g/mol. The molecular formula is C20H24F3N3O2. The highest BCUT2D eigenvalue weighted by Crippen LogP contribution is 2.36. The zero-order valence-electron chi connectivity index (χ0n) is 15.9. The first kappa shape index (κ1) is 20.2. The third-order valence-corrected chi connectivity index (χ3v) is 4.66. The molecule has 1 unspecified atom stereocenters. The molecule has 0 amide bonds. The van der Waals surface area contributed by atoms with Crippen LogP contribution in [0.25, 0.3) is 0 Å². The summed E-state index contributed by atoms with van der Waals surface area (Å²) in [6.07, 6.45) is 1.11. The molecule has 1 fully saturated rings. The Balaban J connectivity index is 1.73. The van der Waals surface area contributed by atoms with Gasteiger partial charge in [0, 0.05) is 11.9 Å². The van der Waals surface area contributed by atoms with Crippen LogP contribution in [0.3, 0.4) is 0 Å². The van der Waals surface area contributed by atoms with Gasteiger partial charge in [-0.25, -0.2) is 4.98 Å². The summed E-state index contributed by atoms with van der Waals surface area (Å²) in [4.78, 5) is 7.72. The first-order chi connectivity index (χ1) is 13.3. The maximum absolute atomic E-state index is 13.2. The number of benzene rings is 1. The molecule has 0 bridgehead atoms. The minimum Gasteiger partial charge on any atom is -0.490 e. The lowest BCUT2D eigenvalue weighted by Crippen LogP contribution is -2.17. The van der Waals surface area contributed by atoms with Crippen LogP contribution in [0, 0.1) is 0 Å². The van der Waals surface area contributed by atoms with Crippen molar-refractivity contribution in [1.29, 1.82) is 0 Å². The molecule has 1 aromatic carbocycles. The van der Waals surface area contributed by atoms with Gasteiger partial charge in [-0.2, -0.15) is 18.2 Å². The van der Waals surface area contributed by atoms with Crippen LogP contribution in [0.5, 0.6) is 11.6 Å². The first-order valence-corrected chi connectivity index (χ1v) is 9.49. The van der Waals surface area contributed by atoms with Crippen molar-refractivity contribution < 1.29 is 22.6 Å². The van der Waals surface area contributed by atoms with Gasteiger partial charge in [-0.3, -0.25) is 0 Å². The minimum absolute atomic E-state index is 0.0377. The quantitative estimate of drug-likeness (QED) is 0.648. The molecule has 0 spiro atoms. The number of nitrogens with zero attached hydrogens (tertiary/aromatic N) is 2. The Bertz CT molecular complexity index is 775. The number of anilines is 2. The Morgan fingerprint density at radius 3 is 2.46 bits per heavy atom. The van der Waals surface area contributed by atoms with Crippen LogP contribution in [0.15, 0.2) is 30.5 Å². The van der Waals surface area contributed by atoms with E-state index in [4.69, 9.17) is 9.47 Å². The van der Waals surface area contributed by atoms with Crippen LogP contribution in [-0.2, 0) is 6.18 Å². The summed E-state index contributed by atoms with van der Waals surface area (Å²) in [6.45, 7) is 3.52. The van der Waals surface area contributed by atoms with Crippen molar-refractivity contribution in [3.8, 4) is 11.6 Å². The molecule has 8 heteroatoms. The van der Waals surface area contributed by atoms with Gasteiger partial charge in [0.25, 0.3) is 0 Å². The fourth-order valence-corrected chi connectivity index (χ4v) is 2.93. The lowest BCUT2D eigenvalue weighted by molar-refractivity contribution is -0.139. The Morgan fingerprint density at radius 2 is 1.86 bits per heavy atom. The molecule has 1 saturated carbocycles. The molecule has 5 nitrogen and oxygen atoms in total. The summed E-state index contributed by atoms with van der Waals surface area (Å²) >= 11 is 0. The van der Waals surface area contributed by atoms with Gasteiger partial charge in [-0.15, -0.1) is 0 Å². The summed E-state index contributed by atoms with van der Waals surface area (Å²) in [5.41, 5.74) is -0.341. The Morgan fingerprint density at radius 1 is 1.18 bits per heavy atom. The van der Waals surface area contributed by atoms with Crippen molar-refractivity contribution in [2.45, 2.75) is 64.3 Å². The number of hydrogen-bond donors (Lipinski definition) is 1. The van der Waals surface area contributed by atoms with E-state index < -0.39 is 23.7 Å².